The highest BCUT2D eigenvalue weighted by Crippen LogP contribution is 2.26. The predicted octanol–water partition coefficient (Wildman–Crippen LogP) is 2.85. The highest BCUT2D eigenvalue weighted by molar-refractivity contribution is 7.09. The van der Waals surface area contributed by atoms with E-state index in [1.807, 2.05) is 23.8 Å². The summed E-state index contributed by atoms with van der Waals surface area (Å²) in [6.07, 6.45) is 1.85. The second-order valence-corrected chi connectivity index (χ2v) is 5.03. The average Bonchev–Trinajstić information content (AvgIpc) is 2.93. The minimum absolute atomic E-state index is 0.00195. The van der Waals surface area contributed by atoms with Crippen LogP contribution in [-0.2, 0) is 0 Å². The van der Waals surface area contributed by atoms with Crippen LogP contribution in [0.2, 0.25) is 0 Å². The van der Waals surface area contributed by atoms with Crippen LogP contribution >= 0.6 is 11.3 Å². The molecule has 3 N–H and O–H groups in total. The maximum atomic E-state index is 5.67. The van der Waals surface area contributed by atoms with Crippen LogP contribution in [0, 0.1) is 0 Å². The monoisotopic (exact) mass is 255 g/mol. The lowest BCUT2D eigenvalue weighted by Crippen LogP contribution is -2.28. The molecule has 4 heteroatoms. The fourth-order valence-corrected chi connectivity index (χ4v) is 2.80. The fourth-order valence-electron chi connectivity index (χ4n) is 2.10. The molecule has 90 valence electrons. The molecule has 0 saturated heterocycles. The molecule has 0 spiro atoms. The van der Waals surface area contributed by atoms with Crippen molar-refractivity contribution in [3.05, 3.63) is 64.6 Å². The highest BCUT2D eigenvalue weighted by atomic mass is 32.1. The Balaban J connectivity index is 2.07. The van der Waals surface area contributed by atoms with Crippen molar-refractivity contribution in [2.45, 2.75) is 6.04 Å². The van der Waals surface area contributed by atoms with E-state index < -0.39 is 0 Å². The predicted molar refractivity (Wildman–Crippen MR) is 75.2 cm³/mol. The van der Waals surface area contributed by atoms with Gasteiger partial charge in [0.05, 0.1) is 11.6 Å². The lowest BCUT2D eigenvalue weighted by molar-refractivity contribution is 0.646. The molecular formula is C14H13N3S. The molecule has 3 nitrogen and oxygen atoms in total. The summed E-state index contributed by atoms with van der Waals surface area (Å²) in [6, 6.07) is 14.7. The molecule has 0 bridgehead atoms. The van der Waals surface area contributed by atoms with E-state index in [-0.39, 0.29) is 6.04 Å². The molecule has 3 aromatic rings. The minimum atomic E-state index is 0.00195. The van der Waals surface area contributed by atoms with E-state index in [4.69, 9.17) is 5.84 Å². The molecule has 1 unspecified atom stereocenters. The number of nitrogens with one attached hydrogen (secondary N) is 1. The first kappa shape index (κ1) is 11.3. The van der Waals surface area contributed by atoms with Gasteiger partial charge < -0.3 is 0 Å². The van der Waals surface area contributed by atoms with Crippen molar-refractivity contribution in [2.24, 2.45) is 5.84 Å². The second-order valence-electron chi connectivity index (χ2n) is 4.11. The number of nitrogens with zero attached hydrogens (tertiary/aromatic N) is 1. The number of thiazole rings is 1. The van der Waals surface area contributed by atoms with Crippen LogP contribution in [0.3, 0.4) is 0 Å². The maximum Gasteiger partial charge on any atom is 0.0818 e. The smallest absolute Gasteiger partial charge is 0.0818 e. The number of nitrogens with two attached hydrogens (primary N) is 1. The fraction of sp³-hybridized carbons (Fsp3) is 0.0714. The van der Waals surface area contributed by atoms with Crippen LogP contribution in [0.4, 0.5) is 0 Å². The molecule has 0 saturated carbocycles. The molecule has 0 aliphatic carbocycles. The van der Waals surface area contributed by atoms with E-state index in [9.17, 15) is 0 Å². The Hall–Kier alpha value is -1.75. The van der Waals surface area contributed by atoms with Crippen molar-refractivity contribution in [2.75, 3.05) is 0 Å². The topological polar surface area (TPSA) is 50.9 Å². The largest absolute Gasteiger partial charge is 0.271 e. The zero-order valence-electron chi connectivity index (χ0n) is 9.71. The van der Waals surface area contributed by atoms with E-state index in [0.29, 0.717) is 0 Å². The SMILES string of the molecule is NNC(c1ccc2ccccc2c1)c1cncs1. The normalized spacial score (nSPS) is 12.7. The van der Waals surface area contributed by atoms with E-state index >= 15 is 0 Å². The molecule has 0 aliphatic heterocycles. The molecule has 2 aromatic carbocycles. The van der Waals surface area contributed by atoms with Crippen molar-refractivity contribution >= 4 is 22.1 Å². The van der Waals surface area contributed by atoms with Crippen LogP contribution in [0.15, 0.2) is 54.2 Å². The van der Waals surface area contributed by atoms with Crippen molar-refractivity contribution in [3.8, 4) is 0 Å². The number of aromatic nitrogens is 1. The van der Waals surface area contributed by atoms with Crippen LogP contribution < -0.4 is 11.3 Å². The van der Waals surface area contributed by atoms with Crippen molar-refractivity contribution in [1.29, 1.82) is 0 Å². The lowest BCUT2D eigenvalue weighted by Gasteiger charge is -2.14. The zero-order chi connectivity index (χ0) is 12.4. The summed E-state index contributed by atoms with van der Waals surface area (Å²) in [6.45, 7) is 0. The van der Waals surface area contributed by atoms with Gasteiger partial charge in [-0.25, -0.2) is 5.43 Å². The third-order valence-electron chi connectivity index (χ3n) is 3.01. The van der Waals surface area contributed by atoms with Gasteiger partial charge in [0.2, 0.25) is 0 Å². The molecule has 1 aromatic heterocycles. The molecule has 0 amide bonds. The second kappa shape index (κ2) is 4.86. The molecule has 1 heterocycles. The van der Waals surface area contributed by atoms with Gasteiger partial charge in [0.25, 0.3) is 0 Å². The standard InChI is InChI=1S/C14H13N3S/c15-17-14(13-8-16-9-18-13)12-6-5-10-3-1-2-4-11(10)7-12/h1-9,14,17H,15H2. The summed E-state index contributed by atoms with van der Waals surface area (Å²) >= 11 is 1.60. The van der Waals surface area contributed by atoms with Crippen LogP contribution in [0.25, 0.3) is 10.8 Å². The summed E-state index contributed by atoms with van der Waals surface area (Å²) in [5, 5.41) is 2.46. The van der Waals surface area contributed by atoms with E-state index in [1.54, 1.807) is 11.3 Å². The van der Waals surface area contributed by atoms with Gasteiger partial charge in [-0.15, -0.1) is 11.3 Å². The Kier molecular flexibility index (Phi) is 3.06. The molecule has 18 heavy (non-hydrogen) atoms. The molecule has 0 fully saturated rings. The van der Waals surface area contributed by atoms with Gasteiger partial charge in [0, 0.05) is 11.1 Å². The van der Waals surface area contributed by atoms with Gasteiger partial charge in [-0.3, -0.25) is 10.8 Å². The molecular weight excluding hydrogens is 242 g/mol. The highest BCUT2D eigenvalue weighted by Gasteiger charge is 2.13. The van der Waals surface area contributed by atoms with Gasteiger partial charge >= 0.3 is 0 Å². The van der Waals surface area contributed by atoms with E-state index in [2.05, 4.69) is 40.7 Å². The van der Waals surface area contributed by atoms with Gasteiger partial charge in [0.15, 0.2) is 0 Å². The Bertz CT molecular complexity index is 649. The van der Waals surface area contributed by atoms with Crippen molar-refractivity contribution in [3.63, 3.8) is 0 Å². The Labute approximate surface area is 109 Å². The van der Waals surface area contributed by atoms with Crippen LogP contribution in [0.1, 0.15) is 16.5 Å². The first-order valence-electron chi connectivity index (χ1n) is 5.71. The Morgan fingerprint density at radius 3 is 2.67 bits per heavy atom. The number of rotatable bonds is 3. The number of benzene rings is 2. The summed E-state index contributed by atoms with van der Waals surface area (Å²) < 4.78 is 0. The molecule has 0 radical (unpaired) electrons. The molecule has 1 atom stereocenters. The summed E-state index contributed by atoms with van der Waals surface area (Å²) in [5.41, 5.74) is 5.83. The Morgan fingerprint density at radius 1 is 1.11 bits per heavy atom. The maximum absolute atomic E-state index is 5.67. The third-order valence-corrected chi connectivity index (χ3v) is 3.85. The molecule has 0 aliphatic rings. The minimum Gasteiger partial charge on any atom is -0.271 e. The van der Waals surface area contributed by atoms with Gasteiger partial charge in [-0.2, -0.15) is 0 Å². The van der Waals surface area contributed by atoms with Crippen molar-refractivity contribution < 1.29 is 0 Å². The number of hydrazine groups is 1. The number of hydrogen-bond donors (Lipinski definition) is 2. The van der Waals surface area contributed by atoms with Crippen molar-refractivity contribution in [1.82, 2.24) is 10.4 Å². The lowest BCUT2D eigenvalue weighted by atomic mass is 10.0. The quantitative estimate of drug-likeness (QED) is 0.559. The van der Waals surface area contributed by atoms with Gasteiger partial charge in [-0.05, 0) is 22.4 Å². The summed E-state index contributed by atoms with van der Waals surface area (Å²) in [5.74, 6) is 5.67. The number of hydrogen-bond acceptors (Lipinski definition) is 4. The first-order chi connectivity index (χ1) is 8.88. The molecule has 3 rings (SSSR count). The third kappa shape index (κ3) is 2.01. The summed E-state index contributed by atoms with van der Waals surface area (Å²) in [4.78, 5) is 5.22. The van der Waals surface area contributed by atoms with E-state index in [0.717, 1.165) is 10.4 Å². The average molecular weight is 255 g/mol. The van der Waals surface area contributed by atoms with Gasteiger partial charge in [-0.1, -0.05) is 36.4 Å². The van der Waals surface area contributed by atoms with Crippen LogP contribution in [0.5, 0.6) is 0 Å². The van der Waals surface area contributed by atoms with Crippen LogP contribution in [-0.4, -0.2) is 4.98 Å². The summed E-state index contributed by atoms with van der Waals surface area (Å²) in [7, 11) is 0. The Morgan fingerprint density at radius 2 is 1.94 bits per heavy atom. The van der Waals surface area contributed by atoms with E-state index in [1.165, 1.54) is 10.8 Å². The zero-order valence-corrected chi connectivity index (χ0v) is 10.5. The first-order valence-corrected chi connectivity index (χ1v) is 6.59. The number of fused-ring (bicyclic) bond motifs is 1. The van der Waals surface area contributed by atoms with Gasteiger partial charge in [0.1, 0.15) is 0 Å².